The Hall–Kier alpha value is -1.45. The summed E-state index contributed by atoms with van der Waals surface area (Å²) in [5.41, 5.74) is 1.62. The predicted octanol–water partition coefficient (Wildman–Crippen LogP) is 4.65. The van der Waals surface area contributed by atoms with Gasteiger partial charge in [0.2, 0.25) is 0 Å². The molecule has 0 aromatic heterocycles. The largest absolute Gasteiger partial charge is 0.352 e. The lowest BCUT2D eigenvalue weighted by atomic mass is 10.1. The maximum atomic E-state index is 13.1. The first-order chi connectivity index (χ1) is 11.5. The molecule has 2 N–H and O–H groups in total. The lowest BCUT2D eigenvalue weighted by molar-refractivity contribution is 0.216. The van der Waals surface area contributed by atoms with Crippen LogP contribution < -0.4 is 5.32 Å². The Balaban J connectivity index is 2.22. The maximum Gasteiger partial charge on any atom is 0.352 e. The van der Waals surface area contributed by atoms with E-state index in [1.165, 1.54) is 0 Å². The molecule has 0 spiro atoms. The Morgan fingerprint density at radius 3 is 2.25 bits per heavy atom. The third kappa shape index (κ3) is 4.55. The average molecular weight is 347 g/mol. The predicted molar refractivity (Wildman–Crippen MR) is 97.8 cm³/mol. The van der Waals surface area contributed by atoms with Crippen molar-refractivity contribution in [3.63, 3.8) is 0 Å². The van der Waals surface area contributed by atoms with Gasteiger partial charge in [-0.3, -0.25) is 9.88 Å². The minimum atomic E-state index is -3.95. The summed E-state index contributed by atoms with van der Waals surface area (Å²) < 4.78 is 18.6. The molecule has 0 amide bonds. The van der Waals surface area contributed by atoms with Crippen molar-refractivity contribution < 1.29 is 14.0 Å². The van der Waals surface area contributed by atoms with Gasteiger partial charge in [0.25, 0.3) is 0 Å². The quantitative estimate of drug-likeness (QED) is 0.512. The van der Waals surface area contributed by atoms with Gasteiger partial charge in [0.1, 0.15) is 5.28 Å². The molecule has 0 saturated carbocycles. The third-order valence-corrected chi connectivity index (χ3v) is 6.18. The Labute approximate surface area is 144 Å². The minimum Gasteiger partial charge on any atom is -0.323 e. The number of unbranched alkanes of at least 4 members (excludes halogenated alkanes) is 1. The molecule has 0 aliphatic rings. The fourth-order valence-corrected chi connectivity index (χ4v) is 3.87. The molecule has 0 aliphatic carbocycles. The number of nitrogens with one attached hydrogen (secondary N) is 1. The van der Waals surface area contributed by atoms with Crippen LogP contribution in [-0.2, 0) is 21.0 Å². The molecule has 5 heteroatoms. The van der Waals surface area contributed by atoms with Crippen molar-refractivity contribution in [2.24, 2.45) is 0 Å². The van der Waals surface area contributed by atoms with Gasteiger partial charge in [0, 0.05) is 0 Å². The summed E-state index contributed by atoms with van der Waals surface area (Å²) >= 11 is 0. The summed E-state index contributed by atoms with van der Waals surface area (Å²) in [6.45, 7) is 4.59. The van der Waals surface area contributed by atoms with Crippen LogP contribution in [0.1, 0.15) is 37.8 Å². The second-order valence-electron chi connectivity index (χ2n) is 6.00. The summed E-state index contributed by atoms with van der Waals surface area (Å²) in [6.07, 6.45) is 1.94. The summed E-state index contributed by atoms with van der Waals surface area (Å²) in [5, 5.41) is 2.11. The lowest BCUT2D eigenvalue weighted by Gasteiger charge is -2.35. The second kappa shape index (κ2) is 8.59. The minimum absolute atomic E-state index is 0.104. The highest BCUT2D eigenvalue weighted by atomic mass is 31.2. The highest BCUT2D eigenvalue weighted by molar-refractivity contribution is 7.54. The highest BCUT2D eigenvalue weighted by Crippen LogP contribution is 2.59. The number of benzene rings is 2. The molecule has 24 heavy (non-hydrogen) atoms. The lowest BCUT2D eigenvalue weighted by Crippen LogP contribution is -2.40. The zero-order chi connectivity index (χ0) is 17.5. The molecule has 130 valence electrons. The van der Waals surface area contributed by atoms with Crippen LogP contribution in [0.25, 0.3) is 0 Å². The van der Waals surface area contributed by atoms with E-state index in [1.807, 2.05) is 60.7 Å². The summed E-state index contributed by atoms with van der Waals surface area (Å²) in [6, 6.07) is 18.8. The number of hydrogen-bond donors (Lipinski definition) is 2. The normalized spacial score (nSPS) is 16.3. The highest BCUT2D eigenvalue weighted by Gasteiger charge is 2.46. The Morgan fingerprint density at radius 1 is 1.08 bits per heavy atom. The van der Waals surface area contributed by atoms with Crippen LogP contribution in [0.5, 0.6) is 0 Å². The zero-order valence-corrected chi connectivity index (χ0v) is 15.2. The van der Waals surface area contributed by atoms with Crippen molar-refractivity contribution in [3.05, 3.63) is 71.8 Å². The molecule has 0 aliphatic heterocycles. The van der Waals surface area contributed by atoms with Gasteiger partial charge in [0.15, 0.2) is 0 Å². The van der Waals surface area contributed by atoms with Gasteiger partial charge in [-0.1, -0.05) is 74.0 Å². The van der Waals surface area contributed by atoms with Crippen molar-refractivity contribution in [3.8, 4) is 0 Å². The van der Waals surface area contributed by atoms with Gasteiger partial charge >= 0.3 is 7.60 Å². The summed E-state index contributed by atoms with van der Waals surface area (Å²) in [7, 11) is -3.95. The zero-order valence-electron chi connectivity index (χ0n) is 14.3. The molecule has 0 bridgehead atoms. The van der Waals surface area contributed by atoms with E-state index >= 15 is 0 Å². The fourth-order valence-electron chi connectivity index (χ4n) is 2.50. The van der Waals surface area contributed by atoms with Gasteiger partial charge in [-0.25, -0.2) is 0 Å². The first-order valence-corrected chi connectivity index (χ1v) is 9.89. The van der Waals surface area contributed by atoms with Gasteiger partial charge < -0.3 is 9.42 Å². The summed E-state index contributed by atoms with van der Waals surface area (Å²) in [5.74, 6) is 0. The van der Waals surface area contributed by atoms with Crippen LogP contribution >= 0.6 is 7.60 Å². The Morgan fingerprint density at radius 2 is 1.67 bits per heavy atom. The van der Waals surface area contributed by atoms with E-state index in [2.05, 4.69) is 12.2 Å². The van der Waals surface area contributed by atoms with Crippen LogP contribution in [0.15, 0.2) is 60.7 Å². The van der Waals surface area contributed by atoms with Crippen molar-refractivity contribution >= 4 is 7.60 Å². The van der Waals surface area contributed by atoms with Crippen molar-refractivity contribution in [1.82, 2.24) is 5.32 Å². The van der Waals surface area contributed by atoms with Gasteiger partial charge in [0.05, 0.1) is 6.61 Å². The molecule has 0 fully saturated rings. The Bertz CT molecular complexity index is 663. The summed E-state index contributed by atoms with van der Waals surface area (Å²) in [4.78, 5) is 10.7. The average Bonchev–Trinajstić information content (AvgIpc) is 2.61. The first kappa shape index (κ1) is 18.9. The molecule has 0 saturated heterocycles. The molecule has 2 aromatic carbocycles. The van der Waals surface area contributed by atoms with Crippen LogP contribution in [0.2, 0.25) is 0 Å². The van der Waals surface area contributed by atoms with Crippen molar-refractivity contribution in [1.29, 1.82) is 0 Å². The topological polar surface area (TPSA) is 58.6 Å². The van der Waals surface area contributed by atoms with E-state index in [4.69, 9.17) is 4.52 Å². The monoisotopic (exact) mass is 347 g/mol. The van der Waals surface area contributed by atoms with Gasteiger partial charge in [-0.2, -0.15) is 0 Å². The second-order valence-corrected chi connectivity index (χ2v) is 8.19. The molecule has 2 rings (SSSR count). The van der Waals surface area contributed by atoms with Crippen molar-refractivity contribution in [2.75, 3.05) is 6.54 Å². The fraction of sp³-hybridized carbons (Fsp3) is 0.368. The molecule has 2 atom stereocenters. The van der Waals surface area contributed by atoms with Crippen LogP contribution in [0, 0.1) is 0 Å². The first-order valence-electron chi connectivity index (χ1n) is 8.31. The van der Waals surface area contributed by atoms with E-state index in [-0.39, 0.29) is 6.61 Å². The van der Waals surface area contributed by atoms with E-state index < -0.39 is 12.9 Å². The Kier molecular flexibility index (Phi) is 6.76. The van der Waals surface area contributed by atoms with Crippen LogP contribution in [-0.4, -0.2) is 11.4 Å². The number of hydrogen-bond acceptors (Lipinski definition) is 3. The van der Waals surface area contributed by atoms with E-state index in [0.717, 1.165) is 24.0 Å². The van der Waals surface area contributed by atoms with E-state index in [1.54, 1.807) is 6.92 Å². The molecule has 0 heterocycles. The molecule has 0 radical (unpaired) electrons. The van der Waals surface area contributed by atoms with Gasteiger partial charge in [-0.05, 0) is 31.0 Å². The van der Waals surface area contributed by atoms with E-state index in [9.17, 15) is 9.46 Å². The smallest absolute Gasteiger partial charge is 0.323 e. The standard InChI is InChI=1S/C19H26NO3P/c1-3-4-15-20-19(2,18-13-9-6-10-14-18)24(21,22)23-16-17-11-7-5-8-12-17/h5-14,20H,3-4,15-16H2,1-2H3,(H,21,22). The SMILES string of the molecule is CCCCNC(C)(c1ccccc1)P(=O)(O)OCc1ccccc1. The molecular weight excluding hydrogens is 321 g/mol. The third-order valence-electron chi connectivity index (χ3n) is 4.15. The number of rotatable bonds is 9. The molecule has 2 unspecified atom stereocenters. The van der Waals surface area contributed by atoms with Crippen molar-refractivity contribution in [2.45, 2.75) is 38.6 Å². The molecule has 2 aromatic rings. The van der Waals surface area contributed by atoms with E-state index in [0.29, 0.717) is 6.54 Å². The van der Waals surface area contributed by atoms with Crippen LogP contribution in [0.4, 0.5) is 0 Å². The van der Waals surface area contributed by atoms with Gasteiger partial charge in [-0.15, -0.1) is 0 Å². The maximum absolute atomic E-state index is 13.1. The molecule has 4 nitrogen and oxygen atoms in total. The van der Waals surface area contributed by atoms with Crippen LogP contribution in [0.3, 0.4) is 0 Å². The molecular formula is C19H26NO3P.